The van der Waals surface area contributed by atoms with Gasteiger partial charge in [-0.05, 0) is 65.4 Å². The van der Waals surface area contributed by atoms with Crippen LogP contribution in [0.25, 0.3) is 0 Å². The van der Waals surface area contributed by atoms with Crippen molar-refractivity contribution >= 4 is 43.5 Å². The Morgan fingerprint density at radius 3 is 2.31 bits per heavy atom. The number of para-hydroxylation sites is 1. The number of aryl methyl sites for hydroxylation is 1. The molecule has 0 aromatic heterocycles. The van der Waals surface area contributed by atoms with Crippen molar-refractivity contribution in [3.05, 3.63) is 64.1 Å². The zero-order chi connectivity index (χ0) is 26.3. The maximum atomic E-state index is 13.8. The van der Waals surface area contributed by atoms with E-state index in [2.05, 4.69) is 21.2 Å². The van der Waals surface area contributed by atoms with Crippen LogP contribution in [0.1, 0.15) is 56.6 Å². The minimum atomic E-state index is -3.77. The van der Waals surface area contributed by atoms with Gasteiger partial charge in [0.1, 0.15) is 12.6 Å². The highest BCUT2D eigenvalue weighted by molar-refractivity contribution is 9.10. The summed E-state index contributed by atoms with van der Waals surface area (Å²) in [6.45, 7) is 3.66. The number of benzene rings is 2. The van der Waals surface area contributed by atoms with E-state index >= 15 is 0 Å². The molecule has 1 fully saturated rings. The van der Waals surface area contributed by atoms with Gasteiger partial charge in [0, 0.05) is 17.1 Å². The number of carbonyl (C=O) groups excluding carboxylic acids is 2. The molecule has 0 spiro atoms. The zero-order valence-electron chi connectivity index (χ0n) is 21.2. The van der Waals surface area contributed by atoms with Gasteiger partial charge < -0.3 is 10.2 Å². The summed E-state index contributed by atoms with van der Waals surface area (Å²) in [7, 11) is -3.77. The quantitative estimate of drug-likeness (QED) is 0.440. The summed E-state index contributed by atoms with van der Waals surface area (Å²) in [4.78, 5) is 28.8. The standard InChI is InChI=1S/C27H36BrN3O4S/c1-4-24(27(33)29-22-14-6-5-7-15-22)30(18-21-13-9-8-12-20(21)2)26(32)19-31(36(3,34)35)25-17-11-10-16-23(25)28/h8-13,16-17,22,24H,4-7,14-15,18-19H2,1-3H3,(H,29,33)/t24-/m0/s1. The summed E-state index contributed by atoms with van der Waals surface area (Å²) >= 11 is 3.41. The monoisotopic (exact) mass is 577 g/mol. The minimum absolute atomic E-state index is 0.114. The van der Waals surface area contributed by atoms with Crippen LogP contribution >= 0.6 is 15.9 Å². The van der Waals surface area contributed by atoms with Crippen LogP contribution < -0.4 is 9.62 Å². The average Bonchev–Trinajstić information content (AvgIpc) is 2.84. The van der Waals surface area contributed by atoms with Gasteiger partial charge in [0.05, 0.1) is 11.9 Å². The number of rotatable bonds is 10. The Hall–Kier alpha value is -2.39. The summed E-state index contributed by atoms with van der Waals surface area (Å²) in [5, 5.41) is 3.16. The number of hydrogen-bond acceptors (Lipinski definition) is 4. The average molecular weight is 579 g/mol. The van der Waals surface area contributed by atoms with E-state index in [0.717, 1.165) is 47.4 Å². The molecule has 1 N–H and O–H groups in total. The molecule has 2 aromatic rings. The number of sulfonamides is 1. The fourth-order valence-corrected chi connectivity index (χ4v) is 6.16. The minimum Gasteiger partial charge on any atom is -0.352 e. The third-order valence-corrected chi connectivity index (χ3v) is 8.54. The summed E-state index contributed by atoms with van der Waals surface area (Å²) in [5.41, 5.74) is 2.30. The molecule has 3 rings (SSSR count). The molecule has 1 saturated carbocycles. The number of nitrogens with zero attached hydrogens (tertiary/aromatic N) is 2. The van der Waals surface area contributed by atoms with Gasteiger partial charge in [0.2, 0.25) is 21.8 Å². The second-order valence-corrected chi connectivity index (χ2v) is 12.2. The van der Waals surface area contributed by atoms with Crippen molar-refractivity contribution in [2.75, 3.05) is 17.1 Å². The molecule has 196 valence electrons. The Morgan fingerprint density at radius 2 is 1.69 bits per heavy atom. The molecule has 0 unspecified atom stereocenters. The highest BCUT2D eigenvalue weighted by Gasteiger charge is 2.33. The van der Waals surface area contributed by atoms with Crippen LogP contribution in [0.15, 0.2) is 53.0 Å². The van der Waals surface area contributed by atoms with Gasteiger partial charge >= 0.3 is 0 Å². The van der Waals surface area contributed by atoms with E-state index in [1.165, 1.54) is 11.3 Å². The van der Waals surface area contributed by atoms with Crippen LogP contribution in [0.3, 0.4) is 0 Å². The van der Waals surface area contributed by atoms with E-state index in [9.17, 15) is 18.0 Å². The van der Waals surface area contributed by atoms with Gasteiger partial charge in [-0.3, -0.25) is 13.9 Å². The lowest BCUT2D eigenvalue weighted by Gasteiger charge is -2.34. The van der Waals surface area contributed by atoms with E-state index < -0.39 is 28.5 Å². The molecular formula is C27H36BrN3O4S. The second-order valence-electron chi connectivity index (χ2n) is 9.44. The van der Waals surface area contributed by atoms with Gasteiger partial charge in [-0.15, -0.1) is 0 Å². The lowest BCUT2D eigenvalue weighted by molar-refractivity contribution is -0.140. The van der Waals surface area contributed by atoms with E-state index in [1.54, 1.807) is 24.3 Å². The number of anilines is 1. The number of carbonyl (C=O) groups is 2. The SMILES string of the molecule is CC[C@@H](C(=O)NC1CCCCC1)N(Cc1ccccc1C)C(=O)CN(c1ccccc1Br)S(C)(=O)=O. The largest absolute Gasteiger partial charge is 0.352 e. The highest BCUT2D eigenvalue weighted by atomic mass is 79.9. The topological polar surface area (TPSA) is 86.8 Å². The molecule has 2 aromatic carbocycles. The summed E-state index contributed by atoms with van der Waals surface area (Å²) in [6, 6.07) is 14.0. The predicted octanol–water partition coefficient (Wildman–Crippen LogP) is 4.78. The van der Waals surface area contributed by atoms with Crippen LogP contribution in [-0.2, 0) is 26.2 Å². The Bertz CT molecular complexity index is 1170. The maximum Gasteiger partial charge on any atom is 0.244 e. The van der Waals surface area contributed by atoms with E-state index in [-0.39, 0.29) is 18.5 Å². The number of hydrogen-bond donors (Lipinski definition) is 1. The lowest BCUT2D eigenvalue weighted by atomic mass is 9.95. The molecule has 7 nitrogen and oxygen atoms in total. The first-order valence-corrected chi connectivity index (χ1v) is 15.1. The molecule has 0 bridgehead atoms. The first-order valence-electron chi connectivity index (χ1n) is 12.5. The third kappa shape index (κ3) is 7.32. The first kappa shape index (κ1) is 28.2. The molecular weight excluding hydrogens is 542 g/mol. The van der Waals surface area contributed by atoms with Crippen LogP contribution in [0, 0.1) is 6.92 Å². The summed E-state index contributed by atoms with van der Waals surface area (Å²) in [5.74, 6) is -0.608. The second kappa shape index (κ2) is 12.7. The molecule has 2 amide bonds. The maximum absolute atomic E-state index is 13.8. The molecule has 0 saturated heterocycles. The normalized spacial score (nSPS) is 15.2. The predicted molar refractivity (Wildman–Crippen MR) is 147 cm³/mol. The molecule has 1 atom stereocenters. The smallest absolute Gasteiger partial charge is 0.244 e. The van der Waals surface area contributed by atoms with Crippen LogP contribution in [0.4, 0.5) is 5.69 Å². The van der Waals surface area contributed by atoms with Crippen molar-refractivity contribution in [3.8, 4) is 0 Å². The van der Waals surface area contributed by atoms with Crippen molar-refractivity contribution in [1.29, 1.82) is 0 Å². The van der Waals surface area contributed by atoms with Crippen molar-refractivity contribution < 1.29 is 18.0 Å². The molecule has 36 heavy (non-hydrogen) atoms. The Kier molecular flexibility index (Phi) is 9.96. The number of halogens is 1. The van der Waals surface area contributed by atoms with Crippen molar-refractivity contribution in [2.45, 2.75) is 71.0 Å². The molecule has 0 aliphatic heterocycles. The van der Waals surface area contributed by atoms with Crippen molar-refractivity contribution in [3.63, 3.8) is 0 Å². The molecule has 9 heteroatoms. The van der Waals surface area contributed by atoms with Crippen molar-refractivity contribution in [1.82, 2.24) is 10.2 Å². The fraction of sp³-hybridized carbons (Fsp3) is 0.481. The number of nitrogens with one attached hydrogen (secondary N) is 1. The van der Waals surface area contributed by atoms with Gasteiger partial charge in [-0.2, -0.15) is 0 Å². The molecule has 1 aliphatic carbocycles. The summed E-state index contributed by atoms with van der Waals surface area (Å²) < 4.78 is 27.2. The fourth-order valence-electron chi connectivity index (χ4n) is 4.68. The zero-order valence-corrected chi connectivity index (χ0v) is 23.6. The lowest BCUT2D eigenvalue weighted by Crippen LogP contribution is -2.54. The van der Waals surface area contributed by atoms with E-state index in [0.29, 0.717) is 16.6 Å². The van der Waals surface area contributed by atoms with Gasteiger partial charge in [0.25, 0.3) is 0 Å². The Balaban J connectivity index is 1.93. The molecule has 0 radical (unpaired) electrons. The van der Waals surface area contributed by atoms with Crippen LogP contribution in [-0.4, -0.2) is 50.0 Å². The van der Waals surface area contributed by atoms with Gasteiger partial charge in [-0.1, -0.05) is 62.6 Å². The Morgan fingerprint density at radius 1 is 1.06 bits per heavy atom. The van der Waals surface area contributed by atoms with Gasteiger partial charge in [-0.25, -0.2) is 8.42 Å². The first-order chi connectivity index (χ1) is 17.1. The third-order valence-electron chi connectivity index (χ3n) is 6.74. The van der Waals surface area contributed by atoms with Gasteiger partial charge in [0.15, 0.2) is 0 Å². The van der Waals surface area contributed by atoms with Crippen LogP contribution in [0.2, 0.25) is 0 Å². The Labute approximate surface area is 223 Å². The number of amides is 2. The van der Waals surface area contributed by atoms with Crippen molar-refractivity contribution in [2.24, 2.45) is 0 Å². The van der Waals surface area contributed by atoms with Crippen LogP contribution in [0.5, 0.6) is 0 Å². The molecule has 1 aliphatic rings. The van der Waals surface area contributed by atoms with E-state index in [1.807, 2.05) is 38.1 Å². The highest BCUT2D eigenvalue weighted by Crippen LogP contribution is 2.28. The molecule has 0 heterocycles. The summed E-state index contributed by atoms with van der Waals surface area (Å²) in [6.07, 6.45) is 6.74. The van der Waals surface area contributed by atoms with E-state index in [4.69, 9.17) is 0 Å².